The Balaban J connectivity index is 2.53. The lowest BCUT2D eigenvalue weighted by atomic mass is 10.1. The molecule has 1 heterocycles. The van der Waals surface area contributed by atoms with E-state index in [0.717, 1.165) is 11.6 Å². The van der Waals surface area contributed by atoms with Gasteiger partial charge >= 0.3 is 0 Å². The van der Waals surface area contributed by atoms with Gasteiger partial charge in [0.15, 0.2) is 0 Å². The first kappa shape index (κ1) is 9.77. The number of hydrogen-bond acceptors (Lipinski definition) is 2. The minimum atomic E-state index is 0.861. The molecule has 0 atom stereocenters. The van der Waals surface area contributed by atoms with E-state index in [4.69, 9.17) is 0 Å². The van der Waals surface area contributed by atoms with Crippen molar-refractivity contribution < 1.29 is 0 Å². The van der Waals surface area contributed by atoms with Gasteiger partial charge in [-0.15, -0.1) is 0 Å². The van der Waals surface area contributed by atoms with Gasteiger partial charge in [0.2, 0.25) is 5.95 Å². The summed E-state index contributed by atoms with van der Waals surface area (Å²) in [4.78, 5) is 4.22. The number of anilines is 1. The standard InChI is InChI=1S/C12H15N3/c1-9-6-10(2)8-11(7-9)15-5-4-14-12(15)13-3/h4-8H,1-3H3,(H,13,14). The van der Waals surface area contributed by atoms with Crippen molar-refractivity contribution in [3.05, 3.63) is 41.7 Å². The Morgan fingerprint density at radius 2 is 1.80 bits per heavy atom. The zero-order chi connectivity index (χ0) is 10.8. The minimum Gasteiger partial charge on any atom is -0.358 e. The molecular weight excluding hydrogens is 186 g/mol. The third-order valence-corrected chi connectivity index (χ3v) is 2.35. The van der Waals surface area contributed by atoms with Crippen LogP contribution in [-0.4, -0.2) is 16.6 Å². The van der Waals surface area contributed by atoms with Crippen LogP contribution in [0.4, 0.5) is 5.95 Å². The van der Waals surface area contributed by atoms with E-state index in [-0.39, 0.29) is 0 Å². The van der Waals surface area contributed by atoms with Crippen LogP contribution in [0.15, 0.2) is 30.6 Å². The highest BCUT2D eigenvalue weighted by molar-refractivity contribution is 5.45. The number of aromatic nitrogens is 2. The second kappa shape index (κ2) is 3.77. The smallest absolute Gasteiger partial charge is 0.207 e. The van der Waals surface area contributed by atoms with Crippen LogP contribution >= 0.6 is 0 Å². The highest BCUT2D eigenvalue weighted by Gasteiger charge is 2.03. The second-order valence-electron chi connectivity index (χ2n) is 3.72. The van der Waals surface area contributed by atoms with Crippen LogP contribution in [0.2, 0.25) is 0 Å². The third kappa shape index (κ3) is 1.86. The van der Waals surface area contributed by atoms with Gasteiger partial charge in [0.1, 0.15) is 0 Å². The fourth-order valence-electron chi connectivity index (χ4n) is 1.79. The number of hydrogen-bond donors (Lipinski definition) is 1. The van der Waals surface area contributed by atoms with Crippen molar-refractivity contribution in [2.24, 2.45) is 0 Å². The van der Waals surface area contributed by atoms with Crippen LogP contribution in [0.1, 0.15) is 11.1 Å². The van der Waals surface area contributed by atoms with Gasteiger partial charge in [-0.2, -0.15) is 0 Å². The predicted molar refractivity (Wildman–Crippen MR) is 62.6 cm³/mol. The quantitative estimate of drug-likeness (QED) is 0.809. The van der Waals surface area contributed by atoms with Crippen molar-refractivity contribution in [3.8, 4) is 5.69 Å². The minimum absolute atomic E-state index is 0.861. The molecule has 1 aromatic heterocycles. The van der Waals surface area contributed by atoms with Gasteiger partial charge in [-0.1, -0.05) is 6.07 Å². The van der Waals surface area contributed by atoms with E-state index in [9.17, 15) is 0 Å². The van der Waals surface area contributed by atoms with Crippen molar-refractivity contribution in [3.63, 3.8) is 0 Å². The summed E-state index contributed by atoms with van der Waals surface area (Å²) in [6.45, 7) is 4.21. The highest BCUT2D eigenvalue weighted by Crippen LogP contribution is 2.17. The lowest BCUT2D eigenvalue weighted by molar-refractivity contribution is 1.05. The molecule has 0 amide bonds. The average Bonchev–Trinajstić information content (AvgIpc) is 2.63. The lowest BCUT2D eigenvalue weighted by Crippen LogP contribution is -2.01. The van der Waals surface area contributed by atoms with Gasteiger partial charge in [0.25, 0.3) is 0 Å². The second-order valence-corrected chi connectivity index (χ2v) is 3.72. The van der Waals surface area contributed by atoms with Crippen LogP contribution in [0.5, 0.6) is 0 Å². The van der Waals surface area contributed by atoms with E-state index >= 15 is 0 Å². The van der Waals surface area contributed by atoms with Crippen LogP contribution in [-0.2, 0) is 0 Å². The molecule has 3 nitrogen and oxygen atoms in total. The SMILES string of the molecule is CNc1nccn1-c1cc(C)cc(C)c1. The topological polar surface area (TPSA) is 29.9 Å². The van der Waals surface area contributed by atoms with Crippen LogP contribution < -0.4 is 5.32 Å². The predicted octanol–water partition coefficient (Wildman–Crippen LogP) is 2.53. The van der Waals surface area contributed by atoms with E-state index in [1.165, 1.54) is 11.1 Å². The summed E-state index contributed by atoms with van der Waals surface area (Å²) in [5, 5.41) is 3.06. The molecule has 0 aliphatic rings. The molecule has 2 rings (SSSR count). The van der Waals surface area contributed by atoms with Crippen molar-refractivity contribution in [2.45, 2.75) is 13.8 Å². The lowest BCUT2D eigenvalue weighted by Gasteiger charge is -2.09. The van der Waals surface area contributed by atoms with Gasteiger partial charge in [0, 0.05) is 25.1 Å². The molecule has 2 aromatic rings. The van der Waals surface area contributed by atoms with E-state index in [0.29, 0.717) is 0 Å². The van der Waals surface area contributed by atoms with Crippen LogP contribution in [0.25, 0.3) is 5.69 Å². The maximum Gasteiger partial charge on any atom is 0.207 e. The maximum atomic E-state index is 4.22. The molecule has 0 bridgehead atoms. The Labute approximate surface area is 89.8 Å². The zero-order valence-electron chi connectivity index (χ0n) is 9.28. The molecule has 0 aliphatic carbocycles. The molecule has 0 saturated carbocycles. The fraction of sp³-hybridized carbons (Fsp3) is 0.250. The monoisotopic (exact) mass is 201 g/mol. The molecule has 0 fully saturated rings. The number of nitrogens with one attached hydrogen (secondary N) is 1. The van der Waals surface area contributed by atoms with Crippen molar-refractivity contribution in [1.82, 2.24) is 9.55 Å². The number of imidazole rings is 1. The zero-order valence-corrected chi connectivity index (χ0v) is 9.28. The normalized spacial score (nSPS) is 10.3. The van der Waals surface area contributed by atoms with Gasteiger partial charge in [-0.3, -0.25) is 4.57 Å². The third-order valence-electron chi connectivity index (χ3n) is 2.35. The van der Waals surface area contributed by atoms with Gasteiger partial charge < -0.3 is 5.32 Å². The Morgan fingerprint density at radius 1 is 1.13 bits per heavy atom. The van der Waals surface area contributed by atoms with E-state index < -0.39 is 0 Å². The Bertz CT molecular complexity index is 451. The molecule has 1 aromatic carbocycles. The molecule has 1 N–H and O–H groups in total. The largest absolute Gasteiger partial charge is 0.358 e. The summed E-state index contributed by atoms with van der Waals surface area (Å²) in [6.07, 6.45) is 3.75. The molecule has 0 saturated heterocycles. The molecule has 78 valence electrons. The molecule has 0 spiro atoms. The summed E-state index contributed by atoms with van der Waals surface area (Å²) in [7, 11) is 1.88. The van der Waals surface area contributed by atoms with Crippen molar-refractivity contribution in [2.75, 3.05) is 12.4 Å². The molecule has 3 heteroatoms. The molecule has 0 unspecified atom stereocenters. The van der Waals surface area contributed by atoms with E-state index in [2.05, 4.69) is 42.3 Å². The molecule has 15 heavy (non-hydrogen) atoms. The number of aryl methyl sites for hydroxylation is 2. The number of rotatable bonds is 2. The summed E-state index contributed by atoms with van der Waals surface area (Å²) in [6, 6.07) is 6.46. The number of benzene rings is 1. The van der Waals surface area contributed by atoms with Crippen LogP contribution in [0, 0.1) is 13.8 Å². The van der Waals surface area contributed by atoms with Crippen molar-refractivity contribution >= 4 is 5.95 Å². The first-order valence-electron chi connectivity index (χ1n) is 5.00. The van der Waals surface area contributed by atoms with E-state index in [1.807, 2.05) is 17.8 Å². The Morgan fingerprint density at radius 3 is 2.40 bits per heavy atom. The van der Waals surface area contributed by atoms with Gasteiger partial charge in [-0.25, -0.2) is 4.98 Å². The van der Waals surface area contributed by atoms with E-state index in [1.54, 1.807) is 6.20 Å². The Kier molecular flexibility index (Phi) is 2.46. The van der Waals surface area contributed by atoms with Gasteiger partial charge in [-0.05, 0) is 37.1 Å². The summed E-state index contributed by atoms with van der Waals surface area (Å²) in [5.74, 6) is 0.861. The first-order valence-corrected chi connectivity index (χ1v) is 5.00. The van der Waals surface area contributed by atoms with Crippen LogP contribution in [0.3, 0.4) is 0 Å². The van der Waals surface area contributed by atoms with Gasteiger partial charge in [0.05, 0.1) is 0 Å². The highest BCUT2D eigenvalue weighted by atomic mass is 15.2. The Hall–Kier alpha value is -1.77. The first-order chi connectivity index (χ1) is 7.20. The molecule has 0 radical (unpaired) electrons. The molecule has 0 aliphatic heterocycles. The maximum absolute atomic E-state index is 4.22. The average molecular weight is 201 g/mol. The fourth-order valence-corrected chi connectivity index (χ4v) is 1.79. The van der Waals surface area contributed by atoms with Crippen molar-refractivity contribution in [1.29, 1.82) is 0 Å². The summed E-state index contributed by atoms with van der Waals surface area (Å²) < 4.78 is 2.04. The molecular formula is C12H15N3. The summed E-state index contributed by atoms with van der Waals surface area (Å²) >= 11 is 0. The summed E-state index contributed by atoms with van der Waals surface area (Å²) in [5.41, 5.74) is 3.68. The number of nitrogens with zero attached hydrogens (tertiary/aromatic N) is 2.